The van der Waals surface area contributed by atoms with Crippen molar-refractivity contribution in [2.75, 3.05) is 20.2 Å². The number of H-pyrrole nitrogens is 2. The van der Waals surface area contributed by atoms with Gasteiger partial charge < -0.3 is 35.1 Å². The van der Waals surface area contributed by atoms with Crippen LogP contribution in [0.4, 0.5) is 4.79 Å². The predicted octanol–water partition coefficient (Wildman–Crippen LogP) is 6.12. The molecule has 0 saturated carbocycles. The van der Waals surface area contributed by atoms with Crippen LogP contribution in [0.5, 0.6) is 0 Å². The van der Waals surface area contributed by atoms with Gasteiger partial charge in [0.1, 0.15) is 23.7 Å². The molecule has 2 aliphatic heterocycles. The molecular formula is C40H52N8O5. The fourth-order valence-electron chi connectivity index (χ4n) is 7.41. The number of aromatic nitrogens is 4. The van der Waals surface area contributed by atoms with Crippen molar-refractivity contribution >= 4 is 34.6 Å². The number of nitrogens with one attached hydrogen (secondary N) is 4. The summed E-state index contributed by atoms with van der Waals surface area (Å²) in [6, 6.07) is 10.9. The first-order valence-corrected chi connectivity index (χ1v) is 18.8. The Morgan fingerprint density at radius 2 is 1.17 bits per heavy atom. The second-order valence-corrected chi connectivity index (χ2v) is 15.3. The number of imidazole rings is 2. The van der Waals surface area contributed by atoms with Crippen molar-refractivity contribution in [1.82, 2.24) is 40.4 Å². The third-order valence-electron chi connectivity index (χ3n) is 10.5. The number of carbonyl (C=O) groups excluding carboxylic acids is 4. The molecule has 6 rings (SSSR count). The van der Waals surface area contributed by atoms with Gasteiger partial charge in [0.25, 0.3) is 0 Å². The van der Waals surface area contributed by atoms with Crippen molar-refractivity contribution in [2.24, 2.45) is 17.8 Å². The fraction of sp³-hybridized carbons (Fsp3) is 0.500. The van der Waals surface area contributed by atoms with Crippen LogP contribution < -0.4 is 10.6 Å². The van der Waals surface area contributed by atoms with Crippen LogP contribution in [0.15, 0.2) is 48.8 Å². The van der Waals surface area contributed by atoms with Crippen molar-refractivity contribution < 1.29 is 23.9 Å². The van der Waals surface area contributed by atoms with Crippen LogP contribution in [0.1, 0.15) is 91.0 Å². The van der Waals surface area contributed by atoms with Gasteiger partial charge in [-0.3, -0.25) is 14.4 Å². The highest BCUT2D eigenvalue weighted by molar-refractivity contribution is 5.91. The lowest BCUT2D eigenvalue weighted by Crippen LogP contribution is -2.52. The highest BCUT2D eigenvalue weighted by Gasteiger charge is 2.39. The van der Waals surface area contributed by atoms with E-state index in [2.05, 4.69) is 57.0 Å². The molecule has 13 heteroatoms. The van der Waals surface area contributed by atoms with Gasteiger partial charge in [0.05, 0.1) is 43.0 Å². The Bertz CT molecular complexity index is 1960. The van der Waals surface area contributed by atoms with Crippen molar-refractivity contribution in [2.45, 2.75) is 91.4 Å². The van der Waals surface area contributed by atoms with Gasteiger partial charge in [0, 0.05) is 30.1 Å². The average molecular weight is 725 g/mol. The van der Waals surface area contributed by atoms with E-state index in [1.807, 2.05) is 63.7 Å². The van der Waals surface area contributed by atoms with Crippen LogP contribution in [0, 0.1) is 17.8 Å². The van der Waals surface area contributed by atoms with E-state index in [9.17, 15) is 19.2 Å². The lowest BCUT2D eigenvalue weighted by molar-refractivity contribution is -0.139. The van der Waals surface area contributed by atoms with E-state index in [1.54, 1.807) is 0 Å². The number of methoxy groups -OCH3 is 1. The fourth-order valence-corrected chi connectivity index (χ4v) is 7.41. The minimum Gasteiger partial charge on any atom is -0.453 e. The third kappa shape index (κ3) is 7.93. The van der Waals surface area contributed by atoms with Crippen molar-refractivity contribution in [3.63, 3.8) is 0 Å². The normalized spacial score (nSPS) is 18.6. The maximum Gasteiger partial charge on any atom is 0.407 e. The van der Waals surface area contributed by atoms with Gasteiger partial charge in [-0.1, -0.05) is 65.8 Å². The van der Waals surface area contributed by atoms with E-state index in [4.69, 9.17) is 14.7 Å². The van der Waals surface area contributed by atoms with Crippen LogP contribution in [-0.2, 0) is 19.1 Å². The molecule has 2 aliphatic rings. The summed E-state index contributed by atoms with van der Waals surface area (Å²) >= 11 is 0. The summed E-state index contributed by atoms with van der Waals surface area (Å²) in [6.07, 6.45) is 6.31. The minimum atomic E-state index is -0.690. The number of ether oxygens (including phenoxy) is 1. The molecule has 0 spiro atoms. The lowest BCUT2D eigenvalue weighted by atomic mass is 10.0. The largest absolute Gasteiger partial charge is 0.453 e. The molecule has 0 unspecified atom stereocenters. The summed E-state index contributed by atoms with van der Waals surface area (Å²) in [6.45, 7) is 12.6. The number of hydrogen-bond acceptors (Lipinski definition) is 7. The molecule has 2 saturated heterocycles. The second kappa shape index (κ2) is 15.8. The summed E-state index contributed by atoms with van der Waals surface area (Å²) in [5, 5.41) is 7.78. The summed E-state index contributed by atoms with van der Waals surface area (Å²) in [7, 11) is 1.29. The zero-order valence-electron chi connectivity index (χ0n) is 31.7. The van der Waals surface area contributed by atoms with Crippen LogP contribution in [0.25, 0.3) is 33.3 Å². The summed E-state index contributed by atoms with van der Waals surface area (Å²) < 4.78 is 4.76. The van der Waals surface area contributed by atoms with Gasteiger partial charge >= 0.3 is 6.09 Å². The standard InChI is InChI=1S/C40H52N8O5/c1-22(2)33(45-37(49)24(5)6)38(50)47-16-8-10-31(47)35-41-20-29(43-35)27-14-12-26-19-28(15-13-25(26)18-27)30-21-42-36(44-30)32-11-9-17-48(32)39(51)34(23(3)4)46-40(52)53-7/h12-15,18-24,31-34H,8-11,16-17H2,1-7H3,(H,41,43)(H,42,44)(H,45,49)(H,46,52)/t31-,32-,33-,34-/m0/s1. The molecule has 2 aromatic heterocycles. The first-order valence-electron chi connectivity index (χ1n) is 18.8. The zero-order chi connectivity index (χ0) is 38.0. The van der Waals surface area contributed by atoms with Gasteiger partial charge in [0.2, 0.25) is 17.7 Å². The SMILES string of the molecule is COC(=O)N[C@H](C(=O)N1CCC[C@H]1c1ncc(-c2ccc3cc(-c4cnc([C@@H]5CCCN5C(=O)[C@@H](NC(=O)C(C)C)C(C)C)[nH]4)ccc3c2)[nH]1)C(C)C. The van der Waals surface area contributed by atoms with Crippen molar-refractivity contribution in [1.29, 1.82) is 0 Å². The molecule has 2 aromatic carbocycles. The summed E-state index contributed by atoms with van der Waals surface area (Å²) in [5.74, 6) is 0.789. The van der Waals surface area contributed by atoms with E-state index < -0.39 is 18.2 Å². The highest BCUT2D eigenvalue weighted by Crippen LogP contribution is 2.35. The molecule has 2 fully saturated rings. The van der Waals surface area contributed by atoms with Crippen LogP contribution in [0.3, 0.4) is 0 Å². The maximum atomic E-state index is 13.7. The number of fused-ring (bicyclic) bond motifs is 1. The summed E-state index contributed by atoms with van der Waals surface area (Å²) in [4.78, 5) is 71.8. The van der Waals surface area contributed by atoms with Crippen LogP contribution in [-0.4, -0.2) is 85.8 Å². The number of alkyl carbamates (subject to hydrolysis) is 1. The van der Waals surface area contributed by atoms with E-state index in [1.165, 1.54) is 7.11 Å². The quantitative estimate of drug-likeness (QED) is 0.145. The number of aromatic amines is 2. The Kier molecular flexibility index (Phi) is 11.2. The monoisotopic (exact) mass is 724 g/mol. The van der Waals surface area contributed by atoms with Crippen molar-refractivity contribution in [3.05, 3.63) is 60.4 Å². The highest BCUT2D eigenvalue weighted by atomic mass is 16.5. The van der Waals surface area contributed by atoms with Crippen LogP contribution in [0.2, 0.25) is 0 Å². The van der Waals surface area contributed by atoms with Gasteiger partial charge in [-0.2, -0.15) is 0 Å². The maximum absolute atomic E-state index is 13.7. The van der Waals surface area contributed by atoms with Gasteiger partial charge in [-0.25, -0.2) is 14.8 Å². The second-order valence-electron chi connectivity index (χ2n) is 15.3. The Morgan fingerprint density at radius 3 is 1.58 bits per heavy atom. The lowest BCUT2D eigenvalue weighted by Gasteiger charge is -2.30. The number of likely N-dealkylation sites (tertiary alicyclic amines) is 2. The van der Waals surface area contributed by atoms with Gasteiger partial charge in [0.15, 0.2) is 0 Å². The molecule has 4 N–H and O–H groups in total. The zero-order valence-corrected chi connectivity index (χ0v) is 31.7. The number of rotatable bonds is 11. The van der Waals surface area contributed by atoms with Crippen molar-refractivity contribution in [3.8, 4) is 22.5 Å². The molecule has 282 valence electrons. The Balaban J connectivity index is 1.16. The third-order valence-corrected chi connectivity index (χ3v) is 10.5. The Labute approximate surface area is 310 Å². The number of amides is 4. The summed E-state index contributed by atoms with van der Waals surface area (Å²) in [5.41, 5.74) is 3.69. The van der Waals surface area contributed by atoms with Crippen LogP contribution >= 0.6 is 0 Å². The van der Waals surface area contributed by atoms with E-state index in [-0.39, 0.29) is 47.6 Å². The Hall–Kier alpha value is -5.20. The van der Waals surface area contributed by atoms with E-state index in [0.29, 0.717) is 13.1 Å². The topological polar surface area (TPSA) is 165 Å². The first-order chi connectivity index (χ1) is 25.4. The van der Waals surface area contributed by atoms with E-state index in [0.717, 1.165) is 70.6 Å². The van der Waals surface area contributed by atoms with Gasteiger partial charge in [-0.05, 0) is 60.4 Å². The molecule has 4 aromatic rings. The van der Waals surface area contributed by atoms with E-state index >= 15 is 0 Å². The minimum absolute atomic E-state index is 0.0405. The molecule has 4 atom stereocenters. The van der Waals surface area contributed by atoms with Gasteiger partial charge in [-0.15, -0.1) is 0 Å². The molecule has 0 radical (unpaired) electrons. The number of nitrogens with zero attached hydrogens (tertiary/aromatic N) is 4. The molecule has 0 aliphatic carbocycles. The smallest absolute Gasteiger partial charge is 0.407 e. The predicted molar refractivity (Wildman–Crippen MR) is 202 cm³/mol. The number of carbonyl (C=O) groups is 4. The number of benzene rings is 2. The molecule has 53 heavy (non-hydrogen) atoms. The first kappa shape index (κ1) is 37.6. The molecule has 13 nitrogen and oxygen atoms in total. The molecule has 4 heterocycles. The Morgan fingerprint density at radius 1 is 0.717 bits per heavy atom. The molecule has 4 amide bonds. The molecule has 0 bridgehead atoms. The number of hydrogen-bond donors (Lipinski definition) is 4. The average Bonchev–Trinajstić information content (AvgIpc) is 3.97. The molecular weight excluding hydrogens is 672 g/mol.